The van der Waals surface area contributed by atoms with E-state index in [-0.39, 0.29) is 12.6 Å². The SMILES string of the molecule is Nc1cccc(OCC(=O)OCC2CC2)c1. The first-order valence-corrected chi connectivity index (χ1v) is 5.38. The van der Waals surface area contributed by atoms with E-state index in [4.69, 9.17) is 15.2 Å². The summed E-state index contributed by atoms with van der Waals surface area (Å²) in [6, 6.07) is 6.97. The summed E-state index contributed by atoms with van der Waals surface area (Å²) >= 11 is 0. The number of carbonyl (C=O) groups is 1. The number of anilines is 1. The van der Waals surface area contributed by atoms with Crippen molar-refractivity contribution in [2.45, 2.75) is 12.8 Å². The third-order valence-electron chi connectivity index (χ3n) is 2.39. The number of ether oxygens (including phenoxy) is 2. The van der Waals surface area contributed by atoms with Crippen molar-refractivity contribution in [1.29, 1.82) is 0 Å². The highest BCUT2D eigenvalue weighted by atomic mass is 16.6. The van der Waals surface area contributed by atoms with Crippen LogP contribution in [0.1, 0.15) is 12.8 Å². The van der Waals surface area contributed by atoms with Crippen LogP contribution in [0.2, 0.25) is 0 Å². The Labute approximate surface area is 94.3 Å². The van der Waals surface area contributed by atoms with Crippen molar-refractivity contribution >= 4 is 11.7 Å². The predicted molar refractivity (Wildman–Crippen MR) is 60.0 cm³/mol. The van der Waals surface area contributed by atoms with Crippen LogP contribution >= 0.6 is 0 Å². The van der Waals surface area contributed by atoms with Crippen molar-refractivity contribution < 1.29 is 14.3 Å². The molecule has 0 radical (unpaired) electrons. The van der Waals surface area contributed by atoms with Gasteiger partial charge in [-0.1, -0.05) is 6.07 Å². The smallest absolute Gasteiger partial charge is 0.344 e. The van der Waals surface area contributed by atoms with Crippen LogP contribution in [-0.2, 0) is 9.53 Å². The molecular weight excluding hydrogens is 206 g/mol. The molecule has 86 valence electrons. The molecule has 1 aromatic carbocycles. The third kappa shape index (κ3) is 3.46. The molecule has 0 unspecified atom stereocenters. The van der Waals surface area contributed by atoms with E-state index < -0.39 is 0 Å². The summed E-state index contributed by atoms with van der Waals surface area (Å²) in [6.45, 7) is 0.468. The molecule has 0 amide bonds. The quantitative estimate of drug-likeness (QED) is 0.606. The highest BCUT2D eigenvalue weighted by molar-refractivity contribution is 5.71. The third-order valence-corrected chi connectivity index (χ3v) is 2.39. The van der Waals surface area contributed by atoms with E-state index in [0.717, 1.165) is 0 Å². The van der Waals surface area contributed by atoms with Gasteiger partial charge in [0.2, 0.25) is 0 Å². The standard InChI is InChI=1S/C12H15NO3/c13-10-2-1-3-11(6-10)15-8-12(14)16-7-9-4-5-9/h1-3,6,9H,4-5,7-8,13H2. The van der Waals surface area contributed by atoms with Gasteiger partial charge in [0.1, 0.15) is 5.75 Å². The molecule has 1 aromatic rings. The highest BCUT2D eigenvalue weighted by Gasteiger charge is 2.23. The fourth-order valence-corrected chi connectivity index (χ4v) is 1.28. The molecule has 0 saturated heterocycles. The summed E-state index contributed by atoms with van der Waals surface area (Å²) in [5.41, 5.74) is 6.19. The van der Waals surface area contributed by atoms with Crippen LogP contribution in [0.25, 0.3) is 0 Å². The van der Waals surface area contributed by atoms with Crippen LogP contribution in [-0.4, -0.2) is 19.2 Å². The molecule has 2 rings (SSSR count). The molecule has 4 heteroatoms. The van der Waals surface area contributed by atoms with E-state index >= 15 is 0 Å². The van der Waals surface area contributed by atoms with Gasteiger partial charge in [-0.2, -0.15) is 0 Å². The first-order chi connectivity index (χ1) is 7.74. The first-order valence-electron chi connectivity index (χ1n) is 5.38. The molecule has 0 aliphatic heterocycles. The number of nitrogen functional groups attached to an aromatic ring is 1. The zero-order chi connectivity index (χ0) is 11.4. The van der Waals surface area contributed by atoms with E-state index in [9.17, 15) is 4.79 Å². The van der Waals surface area contributed by atoms with Gasteiger partial charge in [0, 0.05) is 11.8 Å². The van der Waals surface area contributed by atoms with E-state index in [1.807, 2.05) is 0 Å². The Morgan fingerprint density at radius 2 is 2.25 bits per heavy atom. The molecule has 16 heavy (non-hydrogen) atoms. The van der Waals surface area contributed by atoms with Gasteiger partial charge in [0.15, 0.2) is 6.61 Å². The van der Waals surface area contributed by atoms with Gasteiger partial charge in [0.05, 0.1) is 6.61 Å². The second-order valence-corrected chi connectivity index (χ2v) is 3.99. The summed E-state index contributed by atoms with van der Waals surface area (Å²) in [4.78, 5) is 11.3. The monoisotopic (exact) mass is 221 g/mol. The van der Waals surface area contributed by atoms with Gasteiger partial charge >= 0.3 is 5.97 Å². The lowest BCUT2D eigenvalue weighted by Crippen LogP contribution is -2.16. The largest absolute Gasteiger partial charge is 0.482 e. The number of carbonyl (C=O) groups excluding carboxylic acids is 1. The average molecular weight is 221 g/mol. The molecule has 0 aromatic heterocycles. The summed E-state index contributed by atoms with van der Waals surface area (Å²) < 4.78 is 10.3. The first kappa shape index (κ1) is 10.8. The average Bonchev–Trinajstić information content (AvgIpc) is 3.07. The fraction of sp³-hybridized carbons (Fsp3) is 0.417. The summed E-state index contributed by atoms with van der Waals surface area (Å²) in [5.74, 6) is 0.842. The fourth-order valence-electron chi connectivity index (χ4n) is 1.28. The van der Waals surface area contributed by atoms with Crippen molar-refractivity contribution in [3.8, 4) is 5.75 Å². The minimum absolute atomic E-state index is 0.0594. The van der Waals surface area contributed by atoms with Gasteiger partial charge in [-0.15, -0.1) is 0 Å². The number of nitrogens with two attached hydrogens (primary N) is 1. The Morgan fingerprint density at radius 3 is 2.94 bits per heavy atom. The van der Waals surface area contributed by atoms with Gasteiger partial charge < -0.3 is 15.2 Å². The van der Waals surface area contributed by atoms with Crippen LogP contribution in [0.15, 0.2) is 24.3 Å². The molecule has 0 heterocycles. The predicted octanol–water partition coefficient (Wildman–Crippen LogP) is 1.60. The van der Waals surface area contributed by atoms with Crippen molar-refractivity contribution in [2.75, 3.05) is 18.9 Å². The van der Waals surface area contributed by atoms with E-state index in [1.165, 1.54) is 12.8 Å². The molecular formula is C12H15NO3. The van der Waals surface area contributed by atoms with E-state index in [1.54, 1.807) is 24.3 Å². The van der Waals surface area contributed by atoms with Crippen LogP contribution in [0.4, 0.5) is 5.69 Å². The molecule has 1 saturated carbocycles. The minimum Gasteiger partial charge on any atom is -0.482 e. The van der Waals surface area contributed by atoms with Crippen LogP contribution in [0.5, 0.6) is 5.75 Å². The summed E-state index contributed by atoms with van der Waals surface area (Å²) in [6.07, 6.45) is 2.34. The van der Waals surface area contributed by atoms with Crippen LogP contribution in [0, 0.1) is 5.92 Å². The molecule has 1 fully saturated rings. The van der Waals surface area contributed by atoms with E-state index in [2.05, 4.69) is 0 Å². The Hall–Kier alpha value is -1.71. The minimum atomic E-state index is -0.325. The van der Waals surface area contributed by atoms with Crippen LogP contribution in [0.3, 0.4) is 0 Å². The normalized spacial score (nSPS) is 14.5. The molecule has 1 aliphatic carbocycles. The zero-order valence-electron chi connectivity index (χ0n) is 9.02. The Morgan fingerprint density at radius 1 is 1.44 bits per heavy atom. The number of hydrogen-bond donors (Lipinski definition) is 1. The van der Waals surface area contributed by atoms with Crippen molar-refractivity contribution in [1.82, 2.24) is 0 Å². The maximum absolute atomic E-state index is 11.3. The second-order valence-electron chi connectivity index (χ2n) is 3.99. The Bertz CT molecular complexity index is 374. The van der Waals surface area contributed by atoms with E-state index in [0.29, 0.717) is 24.0 Å². The van der Waals surface area contributed by atoms with Crippen molar-refractivity contribution in [3.63, 3.8) is 0 Å². The number of benzene rings is 1. The highest BCUT2D eigenvalue weighted by Crippen LogP contribution is 2.28. The number of hydrogen-bond acceptors (Lipinski definition) is 4. The molecule has 0 spiro atoms. The maximum atomic E-state index is 11.3. The summed E-state index contributed by atoms with van der Waals surface area (Å²) in [7, 11) is 0. The van der Waals surface area contributed by atoms with Gasteiger partial charge in [-0.3, -0.25) is 0 Å². The lowest BCUT2D eigenvalue weighted by Gasteiger charge is -2.06. The van der Waals surface area contributed by atoms with Crippen molar-refractivity contribution in [3.05, 3.63) is 24.3 Å². The van der Waals surface area contributed by atoms with Gasteiger partial charge in [0.25, 0.3) is 0 Å². The van der Waals surface area contributed by atoms with Gasteiger partial charge in [-0.25, -0.2) is 4.79 Å². The topological polar surface area (TPSA) is 61.5 Å². The van der Waals surface area contributed by atoms with Crippen LogP contribution < -0.4 is 10.5 Å². The molecule has 0 bridgehead atoms. The van der Waals surface area contributed by atoms with Crippen molar-refractivity contribution in [2.24, 2.45) is 5.92 Å². The maximum Gasteiger partial charge on any atom is 0.344 e. The lowest BCUT2D eigenvalue weighted by molar-refractivity contribution is -0.146. The number of esters is 1. The summed E-state index contributed by atoms with van der Waals surface area (Å²) in [5, 5.41) is 0. The molecule has 2 N–H and O–H groups in total. The molecule has 4 nitrogen and oxygen atoms in total. The zero-order valence-corrected chi connectivity index (χ0v) is 9.02. The number of rotatable bonds is 5. The lowest BCUT2D eigenvalue weighted by atomic mass is 10.3. The molecule has 1 aliphatic rings. The molecule has 0 atom stereocenters. The Balaban J connectivity index is 1.71. The second kappa shape index (κ2) is 4.88. The Kier molecular flexibility index (Phi) is 3.29. The van der Waals surface area contributed by atoms with Gasteiger partial charge in [-0.05, 0) is 30.9 Å².